The van der Waals surface area contributed by atoms with E-state index in [1.807, 2.05) is 0 Å². The Labute approximate surface area is 303 Å². The zero-order valence-corrected chi connectivity index (χ0v) is 28.5. The average molecular weight is 663 g/mol. The Morgan fingerprint density at radius 1 is 0.288 bits per heavy atom. The van der Waals surface area contributed by atoms with Gasteiger partial charge in [0, 0.05) is 33.5 Å². The van der Waals surface area contributed by atoms with Gasteiger partial charge in [0.05, 0.1) is 11.0 Å². The van der Waals surface area contributed by atoms with Crippen LogP contribution in [0.4, 0.5) is 17.1 Å². The highest BCUT2D eigenvalue weighted by Crippen LogP contribution is 2.39. The maximum atomic E-state index is 2.40. The first-order valence-electron chi connectivity index (χ1n) is 17.8. The standard InChI is InChI=1S/C50H34N2/c1-2-16-43(17-3-1)51(46-18-10-15-39(32-46)42-22-21-35-11-4-5-12-38(35)31-42)44-27-23-36(24-28-44)37-25-29-45(30-26-37)52-49-20-9-8-19-47(49)48-33-40-13-6-7-14-41(40)34-50(48)52/h1-34H. The first-order valence-corrected chi connectivity index (χ1v) is 17.8. The summed E-state index contributed by atoms with van der Waals surface area (Å²) in [6.45, 7) is 0. The average Bonchev–Trinajstić information content (AvgIpc) is 3.54. The highest BCUT2D eigenvalue weighted by Gasteiger charge is 2.15. The molecule has 0 saturated heterocycles. The smallest absolute Gasteiger partial charge is 0.0547 e. The zero-order chi connectivity index (χ0) is 34.4. The van der Waals surface area contributed by atoms with Crippen molar-refractivity contribution >= 4 is 60.4 Å². The molecule has 244 valence electrons. The first kappa shape index (κ1) is 30.0. The summed E-state index contributed by atoms with van der Waals surface area (Å²) in [7, 11) is 0. The number of hydrogen-bond acceptors (Lipinski definition) is 1. The Balaban J connectivity index is 1.00. The van der Waals surface area contributed by atoms with E-state index in [1.54, 1.807) is 0 Å². The molecule has 0 amide bonds. The molecule has 9 aromatic carbocycles. The number of aromatic nitrogens is 1. The zero-order valence-electron chi connectivity index (χ0n) is 28.5. The van der Waals surface area contributed by atoms with Crippen LogP contribution < -0.4 is 4.90 Å². The summed E-state index contributed by atoms with van der Waals surface area (Å²) in [5.41, 5.74) is 11.7. The fourth-order valence-corrected chi connectivity index (χ4v) is 7.76. The molecule has 0 radical (unpaired) electrons. The molecule has 0 atom stereocenters. The number of anilines is 3. The molecule has 1 aromatic heterocycles. The minimum Gasteiger partial charge on any atom is -0.310 e. The Morgan fingerprint density at radius 3 is 1.62 bits per heavy atom. The van der Waals surface area contributed by atoms with Crippen molar-refractivity contribution in [2.75, 3.05) is 4.90 Å². The number of para-hydroxylation sites is 2. The topological polar surface area (TPSA) is 8.17 Å². The molecule has 2 nitrogen and oxygen atoms in total. The lowest BCUT2D eigenvalue weighted by Crippen LogP contribution is -2.09. The Hall–Kier alpha value is -6.90. The first-order chi connectivity index (χ1) is 25.8. The Morgan fingerprint density at radius 2 is 0.846 bits per heavy atom. The minimum atomic E-state index is 1.11. The number of hydrogen-bond donors (Lipinski definition) is 0. The molecule has 2 heteroatoms. The van der Waals surface area contributed by atoms with Gasteiger partial charge in [0.25, 0.3) is 0 Å². The minimum absolute atomic E-state index is 1.11. The second-order valence-corrected chi connectivity index (χ2v) is 13.4. The maximum Gasteiger partial charge on any atom is 0.0547 e. The van der Waals surface area contributed by atoms with Crippen LogP contribution in [0, 0.1) is 0 Å². The van der Waals surface area contributed by atoms with E-state index in [9.17, 15) is 0 Å². The van der Waals surface area contributed by atoms with Gasteiger partial charge < -0.3 is 9.47 Å². The summed E-state index contributed by atoms with van der Waals surface area (Å²) in [5.74, 6) is 0. The van der Waals surface area contributed by atoms with Crippen LogP contribution in [0.1, 0.15) is 0 Å². The van der Waals surface area contributed by atoms with Crippen LogP contribution in [0.5, 0.6) is 0 Å². The Kier molecular flexibility index (Phi) is 7.18. The molecule has 52 heavy (non-hydrogen) atoms. The third-order valence-electron chi connectivity index (χ3n) is 10.3. The van der Waals surface area contributed by atoms with Gasteiger partial charge in [-0.3, -0.25) is 0 Å². The van der Waals surface area contributed by atoms with Crippen molar-refractivity contribution in [1.29, 1.82) is 0 Å². The van der Waals surface area contributed by atoms with E-state index in [0.717, 1.165) is 22.7 Å². The lowest BCUT2D eigenvalue weighted by Gasteiger charge is -2.26. The van der Waals surface area contributed by atoms with Crippen LogP contribution in [0.3, 0.4) is 0 Å². The van der Waals surface area contributed by atoms with Gasteiger partial charge in [-0.25, -0.2) is 0 Å². The summed E-state index contributed by atoms with van der Waals surface area (Å²) in [4.78, 5) is 2.34. The molecule has 0 unspecified atom stereocenters. The molecule has 0 aliphatic heterocycles. The monoisotopic (exact) mass is 662 g/mol. The molecule has 1 heterocycles. The van der Waals surface area contributed by atoms with Gasteiger partial charge in [-0.05, 0) is 117 Å². The number of rotatable bonds is 6. The second kappa shape index (κ2) is 12.5. The fraction of sp³-hybridized carbons (Fsp3) is 0. The molecule has 10 aromatic rings. The molecule has 0 fully saturated rings. The van der Waals surface area contributed by atoms with Crippen molar-refractivity contribution in [2.24, 2.45) is 0 Å². The molecular weight excluding hydrogens is 629 g/mol. The van der Waals surface area contributed by atoms with Crippen molar-refractivity contribution in [2.45, 2.75) is 0 Å². The van der Waals surface area contributed by atoms with Gasteiger partial charge in [0.2, 0.25) is 0 Å². The van der Waals surface area contributed by atoms with Crippen LogP contribution in [0.25, 0.3) is 71.3 Å². The molecular formula is C50H34N2. The van der Waals surface area contributed by atoms with Gasteiger partial charge in [0.1, 0.15) is 0 Å². The van der Waals surface area contributed by atoms with Crippen molar-refractivity contribution < 1.29 is 0 Å². The normalized spacial score (nSPS) is 11.5. The molecule has 10 rings (SSSR count). The van der Waals surface area contributed by atoms with Crippen molar-refractivity contribution in [3.63, 3.8) is 0 Å². The predicted molar refractivity (Wildman–Crippen MR) is 221 cm³/mol. The van der Waals surface area contributed by atoms with Crippen molar-refractivity contribution in [1.82, 2.24) is 4.57 Å². The molecule has 0 saturated carbocycles. The van der Waals surface area contributed by atoms with E-state index in [0.29, 0.717) is 0 Å². The number of fused-ring (bicyclic) bond motifs is 5. The third-order valence-corrected chi connectivity index (χ3v) is 10.3. The lowest BCUT2D eigenvalue weighted by atomic mass is 10.0. The summed E-state index contributed by atoms with van der Waals surface area (Å²) in [6.07, 6.45) is 0. The van der Waals surface area contributed by atoms with Crippen LogP contribution in [-0.4, -0.2) is 4.57 Å². The van der Waals surface area contributed by atoms with E-state index in [1.165, 1.54) is 65.6 Å². The van der Waals surface area contributed by atoms with E-state index in [-0.39, 0.29) is 0 Å². The lowest BCUT2D eigenvalue weighted by molar-refractivity contribution is 1.18. The quantitative estimate of drug-likeness (QED) is 0.172. The van der Waals surface area contributed by atoms with E-state index in [2.05, 4.69) is 216 Å². The second-order valence-electron chi connectivity index (χ2n) is 13.4. The fourth-order valence-electron chi connectivity index (χ4n) is 7.76. The van der Waals surface area contributed by atoms with E-state index >= 15 is 0 Å². The van der Waals surface area contributed by atoms with Crippen LogP contribution in [-0.2, 0) is 0 Å². The highest BCUT2D eigenvalue weighted by atomic mass is 15.1. The number of benzene rings is 9. The van der Waals surface area contributed by atoms with Crippen LogP contribution >= 0.6 is 0 Å². The highest BCUT2D eigenvalue weighted by molar-refractivity contribution is 6.13. The SMILES string of the molecule is c1ccc(N(c2ccc(-c3ccc(-n4c5ccccc5c5cc6ccccc6cc54)cc3)cc2)c2cccc(-c3ccc4ccccc4c3)c2)cc1. The van der Waals surface area contributed by atoms with Gasteiger partial charge >= 0.3 is 0 Å². The van der Waals surface area contributed by atoms with Gasteiger partial charge in [0.15, 0.2) is 0 Å². The van der Waals surface area contributed by atoms with Gasteiger partial charge in [-0.15, -0.1) is 0 Å². The summed E-state index contributed by atoms with van der Waals surface area (Å²) < 4.78 is 2.40. The summed E-state index contributed by atoms with van der Waals surface area (Å²) >= 11 is 0. The summed E-state index contributed by atoms with van der Waals surface area (Å²) in [5, 5.41) is 7.57. The van der Waals surface area contributed by atoms with Crippen molar-refractivity contribution in [3.05, 3.63) is 206 Å². The van der Waals surface area contributed by atoms with Crippen LogP contribution in [0.2, 0.25) is 0 Å². The third kappa shape index (κ3) is 5.21. The van der Waals surface area contributed by atoms with Crippen LogP contribution in [0.15, 0.2) is 206 Å². The molecule has 0 aliphatic rings. The Bertz CT molecular complexity index is 2880. The molecule has 0 N–H and O–H groups in total. The number of nitrogens with zero attached hydrogens (tertiary/aromatic N) is 2. The molecule has 0 aliphatic carbocycles. The predicted octanol–water partition coefficient (Wildman–Crippen LogP) is 13.9. The maximum absolute atomic E-state index is 2.40. The van der Waals surface area contributed by atoms with E-state index < -0.39 is 0 Å². The van der Waals surface area contributed by atoms with Gasteiger partial charge in [-0.2, -0.15) is 0 Å². The molecule has 0 spiro atoms. The van der Waals surface area contributed by atoms with Crippen molar-refractivity contribution in [3.8, 4) is 27.9 Å². The summed E-state index contributed by atoms with van der Waals surface area (Å²) in [6, 6.07) is 74.7. The largest absolute Gasteiger partial charge is 0.310 e. The van der Waals surface area contributed by atoms with E-state index in [4.69, 9.17) is 0 Å². The van der Waals surface area contributed by atoms with Gasteiger partial charge in [-0.1, -0.05) is 133 Å². The molecule has 0 bridgehead atoms.